The quantitative estimate of drug-likeness (QED) is 0.800. The Morgan fingerprint density at radius 3 is 2.47 bits per heavy atom. The van der Waals surface area contributed by atoms with Crippen LogP contribution in [0.1, 0.15) is 30.6 Å². The van der Waals surface area contributed by atoms with Gasteiger partial charge in [-0.15, -0.1) is 0 Å². The zero-order valence-electron chi connectivity index (χ0n) is 10.3. The molecule has 1 aliphatic heterocycles. The summed E-state index contributed by atoms with van der Waals surface area (Å²) in [6.45, 7) is 5.95. The van der Waals surface area contributed by atoms with Crippen molar-refractivity contribution in [3.63, 3.8) is 0 Å². The highest BCUT2D eigenvalue weighted by Crippen LogP contribution is 2.22. The maximum Gasteiger partial charge on any atom is 0.255 e. The van der Waals surface area contributed by atoms with Crippen LogP contribution in [-0.2, 0) is 0 Å². The number of aromatic amines is 1. The van der Waals surface area contributed by atoms with E-state index in [1.165, 1.54) is 18.7 Å². The molecule has 2 atom stereocenters. The molecule has 0 bridgehead atoms. The molecule has 1 saturated heterocycles. The van der Waals surface area contributed by atoms with E-state index in [1.54, 1.807) is 6.07 Å². The molecule has 4 nitrogen and oxygen atoms in total. The third-order valence-electron chi connectivity index (χ3n) is 3.19. The third-order valence-corrected chi connectivity index (χ3v) is 3.19. The molecule has 1 amide bonds. The zero-order chi connectivity index (χ0) is 12.4. The van der Waals surface area contributed by atoms with E-state index >= 15 is 0 Å². The number of piperidine rings is 1. The van der Waals surface area contributed by atoms with E-state index in [-0.39, 0.29) is 11.5 Å². The van der Waals surface area contributed by atoms with Gasteiger partial charge in [-0.3, -0.25) is 9.59 Å². The highest BCUT2D eigenvalue weighted by atomic mass is 16.2. The number of pyridine rings is 1. The molecule has 0 spiro atoms. The van der Waals surface area contributed by atoms with E-state index in [4.69, 9.17) is 0 Å². The number of nitrogens with zero attached hydrogens (tertiary/aromatic N) is 1. The van der Waals surface area contributed by atoms with Crippen LogP contribution in [0.3, 0.4) is 0 Å². The van der Waals surface area contributed by atoms with Crippen LogP contribution >= 0.6 is 0 Å². The average Bonchev–Trinajstić information content (AvgIpc) is 2.28. The zero-order valence-corrected chi connectivity index (χ0v) is 10.3. The minimum Gasteiger partial charge on any atom is -0.338 e. The lowest BCUT2D eigenvalue weighted by molar-refractivity contribution is 0.0622. The topological polar surface area (TPSA) is 53.2 Å². The first-order valence-corrected chi connectivity index (χ1v) is 6.04. The van der Waals surface area contributed by atoms with E-state index in [0.717, 1.165) is 13.1 Å². The number of amides is 1. The van der Waals surface area contributed by atoms with Crippen LogP contribution < -0.4 is 5.56 Å². The van der Waals surface area contributed by atoms with Gasteiger partial charge in [-0.05, 0) is 24.3 Å². The summed E-state index contributed by atoms with van der Waals surface area (Å²) in [6, 6.07) is 2.98. The van der Waals surface area contributed by atoms with E-state index in [1.807, 2.05) is 4.90 Å². The number of rotatable bonds is 1. The Morgan fingerprint density at radius 2 is 1.94 bits per heavy atom. The highest BCUT2D eigenvalue weighted by Gasteiger charge is 2.25. The second-order valence-electron chi connectivity index (χ2n) is 5.10. The first-order valence-electron chi connectivity index (χ1n) is 6.04. The molecular formula is C13H18N2O2. The minimum absolute atomic E-state index is 0.0136. The fraction of sp³-hybridized carbons (Fsp3) is 0.538. The largest absolute Gasteiger partial charge is 0.338 e. The molecule has 2 rings (SSSR count). The molecule has 1 N–H and O–H groups in total. The molecule has 0 saturated carbocycles. The number of carbonyl (C=O) groups is 1. The van der Waals surface area contributed by atoms with Gasteiger partial charge in [-0.25, -0.2) is 0 Å². The van der Waals surface area contributed by atoms with Crippen molar-refractivity contribution in [2.75, 3.05) is 13.1 Å². The molecule has 92 valence electrons. The molecular weight excluding hydrogens is 216 g/mol. The van der Waals surface area contributed by atoms with E-state index < -0.39 is 0 Å². The van der Waals surface area contributed by atoms with Gasteiger partial charge < -0.3 is 9.88 Å². The average molecular weight is 234 g/mol. The van der Waals surface area contributed by atoms with Gasteiger partial charge in [0.05, 0.1) is 5.56 Å². The second-order valence-corrected chi connectivity index (χ2v) is 5.10. The Balaban J connectivity index is 2.14. The molecule has 0 aliphatic carbocycles. The van der Waals surface area contributed by atoms with Crippen LogP contribution in [-0.4, -0.2) is 28.9 Å². The lowest BCUT2D eigenvalue weighted by Gasteiger charge is -2.35. The number of carbonyl (C=O) groups excluding carboxylic acids is 1. The molecule has 2 unspecified atom stereocenters. The Labute approximate surface area is 101 Å². The van der Waals surface area contributed by atoms with Crippen molar-refractivity contribution in [1.29, 1.82) is 0 Å². The monoisotopic (exact) mass is 234 g/mol. The number of likely N-dealkylation sites (tertiary alicyclic amines) is 1. The summed E-state index contributed by atoms with van der Waals surface area (Å²) in [5, 5.41) is 0. The minimum atomic E-state index is -0.179. The normalized spacial score (nSPS) is 24.7. The summed E-state index contributed by atoms with van der Waals surface area (Å²) in [6.07, 6.45) is 2.67. The van der Waals surface area contributed by atoms with Crippen molar-refractivity contribution < 1.29 is 4.79 Å². The number of nitrogens with one attached hydrogen (secondary N) is 1. The maximum atomic E-state index is 12.2. The first kappa shape index (κ1) is 11.9. The summed E-state index contributed by atoms with van der Waals surface area (Å²) in [5.41, 5.74) is 0.382. The van der Waals surface area contributed by atoms with Crippen LogP contribution in [0.2, 0.25) is 0 Å². The summed E-state index contributed by atoms with van der Waals surface area (Å²) < 4.78 is 0. The lowest BCUT2D eigenvalue weighted by atomic mass is 9.91. The Morgan fingerprint density at radius 1 is 1.29 bits per heavy atom. The predicted molar refractivity (Wildman–Crippen MR) is 65.9 cm³/mol. The van der Waals surface area contributed by atoms with Crippen molar-refractivity contribution in [1.82, 2.24) is 9.88 Å². The van der Waals surface area contributed by atoms with Crippen LogP contribution in [0.5, 0.6) is 0 Å². The van der Waals surface area contributed by atoms with Gasteiger partial charge in [-0.1, -0.05) is 13.8 Å². The van der Waals surface area contributed by atoms with Crippen molar-refractivity contribution in [2.24, 2.45) is 11.8 Å². The van der Waals surface area contributed by atoms with E-state index in [0.29, 0.717) is 17.4 Å². The number of aromatic nitrogens is 1. The molecule has 2 heterocycles. The molecule has 17 heavy (non-hydrogen) atoms. The summed E-state index contributed by atoms with van der Waals surface area (Å²) in [5.74, 6) is 1.11. The SMILES string of the molecule is CC1CC(C)CN(C(=O)c2ccc(=O)[nH]c2)C1. The predicted octanol–water partition coefficient (Wildman–Crippen LogP) is 1.49. The van der Waals surface area contributed by atoms with Crippen LogP contribution in [0.4, 0.5) is 0 Å². The van der Waals surface area contributed by atoms with Gasteiger partial charge in [0.1, 0.15) is 0 Å². The standard InChI is InChI=1S/C13H18N2O2/c1-9-5-10(2)8-15(7-9)13(17)11-3-4-12(16)14-6-11/h3-4,6,9-10H,5,7-8H2,1-2H3,(H,14,16). The molecule has 0 aromatic carbocycles. The molecule has 1 fully saturated rings. The van der Waals surface area contributed by atoms with E-state index in [2.05, 4.69) is 18.8 Å². The van der Waals surface area contributed by atoms with Gasteiger partial charge >= 0.3 is 0 Å². The van der Waals surface area contributed by atoms with Crippen LogP contribution in [0, 0.1) is 11.8 Å². The lowest BCUT2D eigenvalue weighted by Crippen LogP contribution is -2.42. The summed E-state index contributed by atoms with van der Waals surface area (Å²) in [4.78, 5) is 27.6. The Hall–Kier alpha value is -1.58. The van der Waals surface area contributed by atoms with Gasteiger partial charge in [-0.2, -0.15) is 0 Å². The highest BCUT2D eigenvalue weighted by molar-refractivity contribution is 5.93. The smallest absolute Gasteiger partial charge is 0.255 e. The third kappa shape index (κ3) is 2.75. The van der Waals surface area contributed by atoms with Crippen molar-refractivity contribution in [2.45, 2.75) is 20.3 Å². The number of H-pyrrole nitrogens is 1. The van der Waals surface area contributed by atoms with Crippen LogP contribution in [0.25, 0.3) is 0 Å². The fourth-order valence-electron chi connectivity index (χ4n) is 2.55. The molecule has 1 aliphatic rings. The van der Waals surface area contributed by atoms with Gasteiger partial charge in [0.15, 0.2) is 0 Å². The van der Waals surface area contributed by atoms with Crippen molar-refractivity contribution in [3.8, 4) is 0 Å². The molecule has 4 heteroatoms. The molecule has 1 aromatic rings. The van der Waals surface area contributed by atoms with E-state index in [9.17, 15) is 9.59 Å². The number of hydrogen-bond acceptors (Lipinski definition) is 2. The van der Waals surface area contributed by atoms with Crippen LogP contribution in [0.15, 0.2) is 23.1 Å². The Kier molecular flexibility index (Phi) is 3.31. The summed E-state index contributed by atoms with van der Waals surface area (Å²) in [7, 11) is 0. The summed E-state index contributed by atoms with van der Waals surface area (Å²) >= 11 is 0. The van der Waals surface area contributed by atoms with Crippen molar-refractivity contribution >= 4 is 5.91 Å². The van der Waals surface area contributed by atoms with Gasteiger partial charge in [0, 0.05) is 25.4 Å². The first-order chi connectivity index (χ1) is 8.06. The van der Waals surface area contributed by atoms with Gasteiger partial charge in [0.2, 0.25) is 5.56 Å². The fourth-order valence-corrected chi connectivity index (χ4v) is 2.55. The molecule has 0 radical (unpaired) electrons. The maximum absolute atomic E-state index is 12.2. The number of hydrogen-bond donors (Lipinski definition) is 1. The Bertz CT molecular complexity index is 436. The van der Waals surface area contributed by atoms with Crippen molar-refractivity contribution in [3.05, 3.63) is 34.2 Å². The molecule has 1 aromatic heterocycles. The van der Waals surface area contributed by atoms with Gasteiger partial charge in [0.25, 0.3) is 5.91 Å². The second kappa shape index (κ2) is 4.73.